The van der Waals surface area contributed by atoms with Gasteiger partial charge in [0.25, 0.3) is 0 Å². The van der Waals surface area contributed by atoms with Gasteiger partial charge in [0.2, 0.25) is 17.7 Å². The van der Waals surface area contributed by atoms with Gasteiger partial charge in [-0.1, -0.05) is 32.0 Å². The van der Waals surface area contributed by atoms with E-state index in [-0.39, 0.29) is 11.5 Å². The number of nitrogens with two attached hydrogens (primary N) is 1. The van der Waals surface area contributed by atoms with E-state index < -0.39 is 48.0 Å². The van der Waals surface area contributed by atoms with E-state index in [4.69, 9.17) is 5.73 Å². The summed E-state index contributed by atoms with van der Waals surface area (Å²) in [5.74, 6) is -2.41. The van der Waals surface area contributed by atoms with Crippen molar-refractivity contribution in [1.82, 2.24) is 10.6 Å². The van der Waals surface area contributed by atoms with E-state index in [0.717, 1.165) is 6.07 Å². The molecule has 0 bridgehead atoms. The molecule has 6 nitrogen and oxygen atoms in total. The summed E-state index contributed by atoms with van der Waals surface area (Å²) in [6.45, 7) is 4.59. The first-order valence-corrected chi connectivity index (χ1v) is 7.95. The molecule has 0 spiro atoms. The minimum atomic E-state index is -4.60. The number of carbonyl (C=O) groups excluding carboxylic acids is 3. The van der Waals surface area contributed by atoms with Gasteiger partial charge in [-0.25, -0.2) is 0 Å². The maximum absolute atomic E-state index is 13.1. The van der Waals surface area contributed by atoms with E-state index >= 15 is 0 Å². The van der Waals surface area contributed by atoms with E-state index in [0.29, 0.717) is 0 Å². The summed E-state index contributed by atoms with van der Waals surface area (Å²) >= 11 is 0. The second-order valence-corrected chi connectivity index (χ2v) is 6.24. The van der Waals surface area contributed by atoms with Gasteiger partial charge < -0.3 is 16.4 Å². The van der Waals surface area contributed by atoms with Crippen LogP contribution in [0.1, 0.15) is 31.9 Å². The highest BCUT2D eigenvalue weighted by Gasteiger charge is 2.34. The minimum absolute atomic E-state index is 0.162. The molecule has 0 aliphatic rings. The SMILES string of the molecule is CC(=O)N[C@@H](C(=O)N[C@@H](Cc1ccccc1C(F)(F)F)C(N)=O)C(C)C. The quantitative estimate of drug-likeness (QED) is 0.673. The number of primary amides is 1. The number of benzene rings is 1. The summed E-state index contributed by atoms with van der Waals surface area (Å²) in [7, 11) is 0. The molecule has 2 atom stereocenters. The number of hydrogen-bond donors (Lipinski definition) is 3. The average Bonchev–Trinajstić information content (AvgIpc) is 2.50. The molecule has 4 N–H and O–H groups in total. The highest BCUT2D eigenvalue weighted by molar-refractivity contribution is 5.91. The molecule has 3 amide bonds. The fourth-order valence-corrected chi connectivity index (χ4v) is 2.43. The van der Waals surface area contributed by atoms with Gasteiger partial charge in [-0.3, -0.25) is 14.4 Å². The van der Waals surface area contributed by atoms with Crippen LogP contribution < -0.4 is 16.4 Å². The van der Waals surface area contributed by atoms with Crippen LogP contribution in [0.25, 0.3) is 0 Å². The monoisotopic (exact) mass is 373 g/mol. The fourth-order valence-electron chi connectivity index (χ4n) is 2.43. The molecule has 0 radical (unpaired) electrons. The highest BCUT2D eigenvalue weighted by atomic mass is 19.4. The first-order chi connectivity index (χ1) is 11.9. The van der Waals surface area contributed by atoms with Crippen LogP contribution in [-0.2, 0) is 27.0 Å². The molecule has 0 saturated heterocycles. The standard InChI is InChI=1S/C17H22F3N3O3/c1-9(2)14(22-10(3)24)16(26)23-13(15(21)25)8-11-6-4-5-7-12(11)17(18,19)20/h4-7,9,13-14H,8H2,1-3H3,(H2,21,25)(H,22,24)(H,23,26)/t13-,14+/m0/s1. The molecule has 9 heteroatoms. The molecule has 0 aliphatic heterocycles. The molecular weight excluding hydrogens is 351 g/mol. The molecule has 1 aromatic carbocycles. The van der Waals surface area contributed by atoms with E-state index in [1.165, 1.54) is 25.1 Å². The third kappa shape index (κ3) is 6.05. The van der Waals surface area contributed by atoms with Crippen LogP contribution in [0.3, 0.4) is 0 Å². The maximum atomic E-state index is 13.1. The van der Waals surface area contributed by atoms with Gasteiger partial charge in [0.15, 0.2) is 0 Å². The summed E-state index contributed by atoms with van der Waals surface area (Å²) < 4.78 is 39.3. The Hall–Kier alpha value is -2.58. The average molecular weight is 373 g/mol. The van der Waals surface area contributed by atoms with Crippen LogP contribution in [0.2, 0.25) is 0 Å². The van der Waals surface area contributed by atoms with Crippen LogP contribution in [0.15, 0.2) is 24.3 Å². The van der Waals surface area contributed by atoms with E-state index in [2.05, 4.69) is 10.6 Å². The Balaban J connectivity index is 3.03. The van der Waals surface area contributed by atoms with E-state index in [1.807, 2.05) is 0 Å². The maximum Gasteiger partial charge on any atom is 0.416 e. The van der Waals surface area contributed by atoms with Crippen molar-refractivity contribution in [2.75, 3.05) is 0 Å². The Bertz CT molecular complexity index is 675. The molecule has 1 aromatic rings. The van der Waals surface area contributed by atoms with Gasteiger partial charge in [-0.15, -0.1) is 0 Å². The zero-order valence-electron chi connectivity index (χ0n) is 14.7. The zero-order valence-corrected chi connectivity index (χ0v) is 14.7. The lowest BCUT2D eigenvalue weighted by Gasteiger charge is -2.24. The van der Waals surface area contributed by atoms with Crippen LogP contribution in [0, 0.1) is 5.92 Å². The van der Waals surface area contributed by atoms with Crippen LogP contribution in [-0.4, -0.2) is 29.8 Å². The summed E-state index contributed by atoms with van der Waals surface area (Å²) in [6.07, 6.45) is -5.01. The van der Waals surface area contributed by atoms with Crippen LogP contribution >= 0.6 is 0 Å². The molecule has 0 fully saturated rings. The number of carbonyl (C=O) groups is 3. The van der Waals surface area contributed by atoms with Crippen molar-refractivity contribution >= 4 is 17.7 Å². The Morgan fingerprint density at radius 3 is 2.15 bits per heavy atom. The number of nitrogens with one attached hydrogen (secondary N) is 2. The van der Waals surface area contributed by atoms with Crippen molar-refractivity contribution in [1.29, 1.82) is 0 Å². The van der Waals surface area contributed by atoms with Crippen molar-refractivity contribution in [2.45, 2.75) is 45.5 Å². The molecule has 1 rings (SSSR count). The second-order valence-electron chi connectivity index (χ2n) is 6.24. The number of amides is 3. The molecule has 0 saturated carbocycles. The lowest BCUT2D eigenvalue weighted by molar-refractivity contribution is -0.138. The summed E-state index contributed by atoms with van der Waals surface area (Å²) in [5, 5.41) is 4.77. The molecule has 0 aliphatic carbocycles. The topological polar surface area (TPSA) is 101 Å². The first-order valence-electron chi connectivity index (χ1n) is 7.95. The smallest absolute Gasteiger partial charge is 0.368 e. The van der Waals surface area contributed by atoms with Gasteiger partial charge in [0.1, 0.15) is 12.1 Å². The fraction of sp³-hybridized carbons (Fsp3) is 0.471. The van der Waals surface area contributed by atoms with Gasteiger partial charge in [-0.2, -0.15) is 13.2 Å². The van der Waals surface area contributed by atoms with Crippen molar-refractivity contribution in [3.63, 3.8) is 0 Å². The van der Waals surface area contributed by atoms with Crippen molar-refractivity contribution in [3.05, 3.63) is 35.4 Å². The zero-order chi connectivity index (χ0) is 20.1. The Labute approximate surface area is 149 Å². The molecule has 144 valence electrons. The predicted molar refractivity (Wildman–Crippen MR) is 88.7 cm³/mol. The second kappa shape index (κ2) is 8.68. The van der Waals surface area contributed by atoms with Crippen LogP contribution in [0.4, 0.5) is 13.2 Å². The third-order valence-electron chi connectivity index (χ3n) is 3.71. The number of hydrogen-bond acceptors (Lipinski definition) is 3. The van der Waals surface area contributed by atoms with Crippen molar-refractivity contribution < 1.29 is 27.6 Å². The van der Waals surface area contributed by atoms with Gasteiger partial charge >= 0.3 is 6.18 Å². The van der Waals surface area contributed by atoms with Gasteiger partial charge in [0, 0.05) is 13.3 Å². The largest absolute Gasteiger partial charge is 0.416 e. The molecule has 0 heterocycles. The van der Waals surface area contributed by atoms with E-state index in [9.17, 15) is 27.6 Å². The Morgan fingerprint density at radius 1 is 1.12 bits per heavy atom. The summed E-state index contributed by atoms with van der Waals surface area (Å²) in [4.78, 5) is 35.2. The Morgan fingerprint density at radius 2 is 1.69 bits per heavy atom. The van der Waals surface area contributed by atoms with Gasteiger partial charge in [-0.05, 0) is 17.5 Å². The molecule has 26 heavy (non-hydrogen) atoms. The van der Waals surface area contributed by atoms with Crippen molar-refractivity contribution in [2.24, 2.45) is 11.7 Å². The number of rotatable bonds is 7. The summed E-state index contributed by atoms with van der Waals surface area (Å²) in [5.41, 5.74) is 4.18. The van der Waals surface area contributed by atoms with Crippen molar-refractivity contribution in [3.8, 4) is 0 Å². The molecule has 0 aromatic heterocycles. The Kier molecular flexibility index (Phi) is 7.17. The predicted octanol–water partition coefficient (Wildman–Crippen LogP) is 1.38. The van der Waals surface area contributed by atoms with Gasteiger partial charge in [0.05, 0.1) is 5.56 Å². The highest BCUT2D eigenvalue weighted by Crippen LogP contribution is 2.32. The molecular formula is C17H22F3N3O3. The first kappa shape index (κ1) is 21.5. The minimum Gasteiger partial charge on any atom is -0.368 e. The van der Waals surface area contributed by atoms with E-state index in [1.54, 1.807) is 13.8 Å². The number of alkyl halides is 3. The summed E-state index contributed by atoms with van der Waals surface area (Å²) in [6, 6.07) is 2.46. The normalized spacial score (nSPS) is 13.8. The van der Waals surface area contributed by atoms with Crippen LogP contribution in [0.5, 0.6) is 0 Å². The molecule has 0 unspecified atom stereocenters. The lowest BCUT2D eigenvalue weighted by Crippen LogP contribution is -2.55. The third-order valence-corrected chi connectivity index (χ3v) is 3.71. The lowest BCUT2D eigenvalue weighted by atomic mass is 9.98. The number of halogens is 3.